The van der Waals surface area contributed by atoms with Crippen molar-refractivity contribution in [1.29, 1.82) is 0 Å². The Morgan fingerprint density at radius 2 is 2.05 bits per heavy atom. The van der Waals surface area contributed by atoms with Crippen LogP contribution in [0.5, 0.6) is 0 Å². The van der Waals surface area contributed by atoms with E-state index in [1.165, 1.54) is 37.2 Å². The first kappa shape index (κ1) is 17.1. The summed E-state index contributed by atoms with van der Waals surface area (Å²) in [4.78, 5) is 14.7. The molecule has 3 N–H and O–H groups in total. The van der Waals surface area contributed by atoms with Crippen molar-refractivity contribution in [2.24, 2.45) is 5.73 Å². The van der Waals surface area contributed by atoms with Gasteiger partial charge in [-0.1, -0.05) is 12.8 Å². The molecule has 122 valence electrons. The van der Waals surface area contributed by atoms with Gasteiger partial charge in [0.25, 0.3) is 0 Å². The van der Waals surface area contributed by atoms with Gasteiger partial charge in [0.05, 0.1) is 12.5 Å². The summed E-state index contributed by atoms with van der Waals surface area (Å²) in [6.45, 7) is 3.48. The van der Waals surface area contributed by atoms with Crippen molar-refractivity contribution in [3.05, 3.63) is 0 Å². The van der Waals surface area contributed by atoms with Gasteiger partial charge in [-0.25, -0.2) is 0 Å². The minimum Gasteiger partial charge on any atom is -0.380 e. The maximum absolute atomic E-state index is 12.1. The van der Waals surface area contributed by atoms with E-state index >= 15 is 0 Å². The van der Waals surface area contributed by atoms with Crippen LogP contribution < -0.4 is 11.1 Å². The monoisotopic (exact) mass is 315 g/mol. The molecule has 1 aliphatic heterocycles. The quantitative estimate of drug-likeness (QED) is 0.728. The summed E-state index contributed by atoms with van der Waals surface area (Å²) < 4.78 is 5.18. The molecule has 6 heteroatoms. The molecule has 0 aromatic heterocycles. The highest BCUT2D eigenvalue weighted by atomic mass is 32.2. The first-order valence-electron chi connectivity index (χ1n) is 8.02. The summed E-state index contributed by atoms with van der Waals surface area (Å²) in [5.41, 5.74) is 5.77. The van der Waals surface area contributed by atoms with E-state index in [0.29, 0.717) is 13.0 Å². The SMILES string of the molecule is COC(CN)CC(=O)NCC1(N2CCSCC2)CCCC1. The number of amides is 1. The second kappa shape index (κ2) is 8.36. The summed E-state index contributed by atoms with van der Waals surface area (Å²) in [6.07, 6.45) is 5.17. The van der Waals surface area contributed by atoms with Crippen LogP contribution in [0.15, 0.2) is 0 Å². The summed E-state index contributed by atoms with van der Waals surface area (Å²) >= 11 is 2.04. The van der Waals surface area contributed by atoms with E-state index in [2.05, 4.69) is 10.2 Å². The zero-order valence-corrected chi connectivity index (χ0v) is 13.9. The molecule has 2 rings (SSSR count). The number of nitrogens with two attached hydrogens (primary N) is 1. The summed E-state index contributed by atoms with van der Waals surface area (Å²) in [7, 11) is 1.61. The number of hydrogen-bond acceptors (Lipinski definition) is 5. The van der Waals surface area contributed by atoms with Gasteiger partial charge in [-0.3, -0.25) is 9.69 Å². The van der Waals surface area contributed by atoms with Crippen molar-refractivity contribution in [2.45, 2.75) is 43.7 Å². The Bertz CT molecular complexity index is 325. The zero-order valence-electron chi connectivity index (χ0n) is 13.1. The molecule has 1 heterocycles. The highest BCUT2D eigenvalue weighted by Crippen LogP contribution is 2.36. The summed E-state index contributed by atoms with van der Waals surface area (Å²) in [5.74, 6) is 2.49. The van der Waals surface area contributed by atoms with E-state index in [9.17, 15) is 4.79 Å². The molecule has 21 heavy (non-hydrogen) atoms. The molecule has 1 amide bonds. The molecule has 0 spiro atoms. The van der Waals surface area contributed by atoms with Gasteiger partial charge in [-0.2, -0.15) is 11.8 Å². The van der Waals surface area contributed by atoms with Crippen molar-refractivity contribution >= 4 is 17.7 Å². The van der Waals surface area contributed by atoms with Gasteiger partial charge in [0.15, 0.2) is 0 Å². The molecule has 0 aromatic rings. The molecular formula is C15H29N3O2S. The Morgan fingerprint density at radius 3 is 2.62 bits per heavy atom. The van der Waals surface area contributed by atoms with Crippen molar-refractivity contribution in [2.75, 3.05) is 44.8 Å². The molecule has 1 saturated heterocycles. The van der Waals surface area contributed by atoms with E-state index in [-0.39, 0.29) is 17.6 Å². The van der Waals surface area contributed by atoms with Crippen LogP contribution in [-0.4, -0.2) is 67.2 Å². The Hall–Kier alpha value is -0.300. The van der Waals surface area contributed by atoms with Crippen LogP contribution >= 0.6 is 11.8 Å². The third-order valence-corrected chi connectivity index (χ3v) is 5.78. The lowest BCUT2D eigenvalue weighted by molar-refractivity contribution is -0.124. The van der Waals surface area contributed by atoms with E-state index < -0.39 is 0 Å². The number of carbonyl (C=O) groups is 1. The molecular weight excluding hydrogens is 286 g/mol. The molecule has 0 bridgehead atoms. The number of thioether (sulfide) groups is 1. The number of nitrogens with one attached hydrogen (secondary N) is 1. The Balaban J connectivity index is 1.86. The lowest BCUT2D eigenvalue weighted by atomic mass is 9.94. The van der Waals surface area contributed by atoms with Crippen molar-refractivity contribution < 1.29 is 9.53 Å². The summed E-state index contributed by atoms with van der Waals surface area (Å²) in [5, 5.41) is 3.14. The molecule has 1 aliphatic carbocycles. The normalized spacial score (nSPS) is 23.9. The van der Waals surface area contributed by atoms with Gasteiger partial charge < -0.3 is 15.8 Å². The average molecular weight is 315 g/mol. The minimum absolute atomic E-state index is 0.0601. The van der Waals surface area contributed by atoms with Crippen LogP contribution in [0.3, 0.4) is 0 Å². The fourth-order valence-electron chi connectivity index (χ4n) is 3.48. The fourth-order valence-corrected chi connectivity index (χ4v) is 4.38. The number of rotatable bonds is 7. The largest absolute Gasteiger partial charge is 0.380 e. The Kier molecular flexibility index (Phi) is 6.79. The topological polar surface area (TPSA) is 67.6 Å². The highest BCUT2D eigenvalue weighted by Gasteiger charge is 2.40. The molecule has 0 radical (unpaired) electrons. The van der Waals surface area contributed by atoms with Crippen LogP contribution in [-0.2, 0) is 9.53 Å². The van der Waals surface area contributed by atoms with Crippen molar-refractivity contribution in [1.82, 2.24) is 10.2 Å². The van der Waals surface area contributed by atoms with Crippen LogP contribution in [0.4, 0.5) is 0 Å². The van der Waals surface area contributed by atoms with Gasteiger partial charge >= 0.3 is 0 Å². The second-order valence-corrected chi connectivity index (χ2v) is 7.33. The van der Waals surface area contributed by atoms with E-state index in [0.717, 1.165) is 19.6 Å². The number of hydrogen-bond donors (Lipinski definition) is 2. The Labute approximate surface area is 132 Å². The maximum atomic E-state index is 12.1. The molecule has 2 fully saturated rings. The van der Waals surface area contributed by atoms with Gasteiger partial charge in [-0.05, 0) is 12.8 Å². The first-order valence-corrected chi connectivity index (χ1v) is 9.18. The molecule has 1 saturated carbocycles. The van der Waals surface area contributed by atoms with E-state index in [4.69, 9.17) is 10.5 Å². The lowest BCUT2D eigenvalue weighted by Gasteiger charge is -2.43. The van der Waals surface area contributed by atoms with Gasteiger partial charge in [-0.15, -0.1) is 0 Å². The summed E-state index contributed by atoms with van der Waals surface area (Å²) in [6, 6.07) is 0. The van der Waals surface area contributed by atoms with Gasteiger partial charge in [0.1, 0.15) is 0 Å². The Morgan fingerprint density at radius 1 is 1.38 bits per heavy atom. The van der Waals surface area contributed by atoms with Crippen LogP contribution in [0.1, 0.15) is 32.1 Å². The first-order chi connectivity index (χ1) is 10.2. The van der Waals surface area contributed by atoms with Crippen molar-refractivity contribution in [3.8, 4) is 0 Å². The predicted molar refractivity (Wildman–Crippen MR) is 87.6 cm³/mol. The molecule has 1 atom stereocenters. The minimum atomic E-state index is -0.170. The number of nitrogens with zero attached hydrogens (tertiary/aromatic N) is 1. The molecule has 0 aromatic carbocycles. The van der Waals surface area contributed by atoms with E-state index in [1.54, 1.807) is 7.11 Å². The smallest absolute Gasteiger partial charge is 0.222 e. The molecule has 5 nitrogen and oxygen atoms in total. The molecule has 1 unspecified atom stereocenters. The standard InChI is InChI=1S/C15H29N3O2S/c1-20-13(11-16)10-14(19)17-12-15(4-2-3-5-15)18-6-8-21-9-7-18/h13H,2-12,16H2,1H3,(H,17,19). The second-order valence-electron chi connectivity index (χ2n) is 6.11. The maximum Gasteiger partial charge on any atom is 0.222 e. The van der Waals surface area contributed by atoms with Crippen LogP contribution in [0, 0.1) is 0 Å². The van der Waals surface area contributed by atoms with Gasteiger partial charge in [0, 0.05) is 50.3 Å². The van der Waals surface area contributed by atoms with Crippen LogP contribution in [0.25, 0.3) is 0 Å². The predicted octanol–water partition coefficient (Wildman–Crippen LogP) is 0.828. The van der Waals surface area contributed by atoms with Gasteiger partial charge in [0.2, 0.25) is 5.91 Å². The van der Waals surface area contributed by atoms with Crippen molar-refractivity contribution in [3.63, 3.8) is 0 Å². The third kappa shape index (κ3) is 4.58. The lowest BCUT2D eigenvalue weighted by Crippen LogP contribution is -2.56. The zero-order chi connectivity index (χ0) is 15.1. The highest BCUT2D eigenvalue weighted by molar-refractivity contribution is 7.99. The fraction of sp³-hybridized carbons (Fsp3) is 0.933. The number of carbonyl (C=O) groups excluding carboxylic acids is 1. The third-order valence-electron chi connectivity index (χ3n) is 4.84. The number of ether oxygens (including phenoxy) is 1. The average Bonchev–Trinajstić information content (AvgIpc) is 3.01. The van der Waals surface area contributed by atoms with Crippen LogP contribution in [0.2, 0.25) is 0 Å². The molecule has 2 aliphatic rings. The number of methoxy groups -OCH3 is 1. The van der Waals surface area contributed by atoms with E-state index in [1.807, 2.05) is 11.8 Å².